The topological polar surface area (TPSA) is 0 Å². The molecule has 0 saturated heterocycles. The minimum Gasteiger partial charge on any atom is -0.0622 e. The molecule has 0 heteroatoms. The van der Waals surface area contributed by atoms with Crippen molar-refractivity contribution < 1.29 is 0 Å². The number of hydrogen-bond acceptors (Lipinski definition) is 0. The van der Waals surface area contributed by atoms with E-state index in [0.29, 0.717) is 0 Å². The molecule has 112 heavy (non-hydrogen) atoms. The van der Waals surface area contributed by atoms with Gasteiger partial charge in [-0.1, -0.05) is 359 Å². The van der Waals surface area contributed by atoms with E-state index in [2.05, 4.69) is 431 Å². The summed E-state index contributed by atoms with van der Waals surface area (Å²) in [7, 11) is 0. The molecule has 0 spiro atoms. The molecule has 0 aliphatic heterocycles. The predicted molar refractivity (Wildman–Crippen MR) is 481 cm³/mol. The Morgan fingerprint density at radius 2 is 0.411 bits per heavy atom. The number of benzene rings is 14. The molecule has 0 fully saturated rings. The van der Waals surface area contributed by atoms with Crippen LogP contribution in [0.3, 0.4) is 0 Å². The number of hydrogen-bond donors (Lipinski definition) is 0. The van der Waals surface area contributed by atoms with E-state index < -0.39 is 0 Å². The smallest absolute Gasteiger partial charge is 0.0622 e. The largest absolute Gasteiger partial charge is 0.0718 e. The van der Waals surface area contributed by atoms with Gasteiger partial charge in [0.1, 0.15) is 0 Å². The SMILES string of the molecule is Cc1ccc2c(c1)C(C)(C)c1c(C)cccc1-2.Cc1ccc2c(c1)C(C)(C)c1cccc(C)c1-2.Cc1cccc2c1-c1c(C)cccc1C2(C)C.Cc1cccc2c1-c1cccc(C)c1C2(C)C.Cc1cccc2c1C(C)(C)c1c(C)cccc1-2.Cc1cccc2c1C(c1ccccc1)(c1ccccc1)c1c(C)cccc1-2. The molecule has 14 aromatic rings. The van der Waals surface area contributed by atoms with E-state index in [-0.39, 0.29) is 32.5 Å². The number of rotatable bonds is 2. The van der Waals surface area contributed by atoms with Crippen molar-refractivity contribution in [3.8, 4) is 66.8 Å². The molecule has 0 heterocycles. The Balaban J connectivity index is 0.000000107. The van der Waals surface area contributed by atoms with Crippen LogP contribution in [0.15, 0.2) is 279 Å². The second-order valence-electron chi connectivity index (χ2n) is 35.7. The Hall–Kier alpha value is -10.9. The fourth-order valence-electron chi connectivity index (χ4n) is 21.5. The highest BCUT2D eigenvalue weighted by Crippen LogP contribution is 2.60. The van der Waals surface area contributed by atoms with Crippen molar-refractivity contribution in [3.05, 3.63) is 424 Å². The van der Waals surface area contributed by atoms with E-state index in [1.54, 1.807) is 0 Å². The molecular weight excluding hydrogens is 1350 g/mol. The zero-order valence-corrected chi connectivity index (χ0v) is 70.6. The van der Waals surface area contributed by atoms with Gasteiger partial charge in [0.05, 0.1) is 5.41 Å². The molecule has 20 rings (SSSR count). The lowest BCUT2D eigenvalue weighted by molar-refractivity contribution is 0.651. The quantitative estimate of drug-likeness (QED) is 0.162. The third-order valence-electron chi connectivity index (χ3n) is 26.4. The molecule has 0 radical (unpaired) electrons. The molecule has 14 aromatic carbocycles. The molecule has 6 aliphatic rings. The Bertz CT molecular complexity index is 5820. The summed E-state index contributed by atoms with van der Waals surface area (Å²) in [6.45, 7) is 50.0. The average Bonchev–Trinajstić information content (AvgIpc) is 1.52. The lowest BCUT2D eigenvalue weighted by Gasteiger charge is -2.35. The monoisotopic (exact) mass is 1460 g/mol. The fourth-order valence-corrected chi connectivity index (χ4v) is 21.5. The van der Waals surface area contributed by atoms with Crippen molar-refractivity contribution >= 4 is 0 Å². The second-order valence-corrected chi connectivity index (χ2v) is 35.7. The fraction of sp³-hybridized carbons (Fsp3) is 0.250. The van der Waals surface area contributed by atoms with Crippen LogP contribution in [0, 0.1) is 83.1 Å². The maximum absolute atomic E-state index is 2.34. The summed E-state index contributed by atoms with van der Waals surface area (Å²) in [6.07, 6.45) is 0. The third kappa shape index (κ3) is 12.2. The Morgan fingerprint density at radius 3 is 0.804 bits per heavy atom. The van der Waals surface area contributed by atoms with Gasteiger partial charge in [-0.05, 0) is 283 Å². The Kier molecular flexibility index (Phi) is 19.6. The predicted octanol–water partition coefficient (Wildman–Crippen LogP) is 29.7. The zero-order chi connectivity index (χ0) is 79.5. The standard InChI is InChI=1S/C27H22.5C17H18/c1-19-11-9-17-23-24-18-10-12-20(2)26(24)27(25(19)23,21-13-5-3-6-14-21)22-15-7-4-8-16-22;1-11-7-6-10-14-15(11)13-9-5-8-12(2)16(13)17(14,3)4;1-11-7-5-9-13-15(11)16-12(2)8-6-10-14(16)17(13,3)4;1-11-7-5-9-13-14-10-6-8-12(2)16(14)17(3,4)15(11)13;1-11-8-9-13-15(10-11)17(3,4)14-7-5-6-12(2)16(13)14;1-11-8-9-13-14-7-5-6-12(2)16(14)17(3,4)15(13)10-11/h3-18H,1-2H3;5*5-10H,1-4H3. The van der Waals surface area contributed by atoms with E-state index in [9.17, 15) is 0 Å². The summed E-state index contributed by atoms with van der Waals surface area (Å²) in [5.41, 5.74) is 54.5. The van der Waals surface area contributed by atoms with Crippen LogP contribution in [0.2, 0.25) is 0 Å². The molecule has 560 valence electrons. The van der Waals surface area contributed by atoms with E-state index >= 15 is 0 Å². The summed E-state index contributed by atoms with van der Waals surface area (Å²) in [5.74, 6) is 0. The van der Waals surface area contributed by atoms with Gasteiger partial charge >= 0.3 is 0 Å². The highest BCUT2D eigenvalue weighted by molar-refractivity contribution is 5.91. The van der Waals surface area contributed by atoms with Gasteiger partial charge in [0.25, 0.3) is 0 Å². The third-order valence-corrected chi connectivity index (χ3v) is 26.4. The molecule has 0 amide bonds. The average molecular weight is 1460 g/mol. The van der Waals surface area contributed by atoms with Crippen LogP contribution < -0.4 is 0 Å². The van der Waals surface area contributed by atoms with Crippen molar-refractivity contribution in [1.29, 1.82) is 0 Å². The maximum Gasteiger partial charge on any atom is 0.0718 e. The first kappa shape index (κ1) is 76.4. The molecule has 0 atom stereocenters. The maximum atomic E-state index is 2.34. The first-order valence-electron chi connectivity index (χ1n) is 40.7. The second kappa shape index (κ2) is 28.7. The van der Waals surface area contributed by atoms with Crippen LogP contribution in [0.25, 0.3) is 66.8 Å². The van der Waals surface area contributed by atoms with Crippen LogP contribution in [-0.2, 0) is 32.5 Å². The van der Waals surface area contributed by atoms with Gasteiger partial charge in [-0.3, -0.25) is 0 Å². The van der Waals surface area contributed by atoms with Crippen molar-refractivity contribution in [1.82, 2.24) is 0 Å². The van der Waals surface area contributed by atoms with Crippen LogP contribution in [0.5, 0.6) is 0 Å². The van der Waals surface area contributed by atoms with Crippen LogP contribution >= 0.6 is 0 Å². The highest BCUT2D eigenvalue weighted by atomic mass is 14.5. The lowest BCUT2D eigenvalue weighted by Crippen LogP contribution is -2.30. The molecule has 0 unspecified atom stereocenters. The summed E-state index contributed by atoms with van der Waals surface area (Å²) in [6, 6.07) is 102. The molecule has 0 bridgehead atoms. The summed E-state index contributed by atoms with van der Waals surface area (Å²) in [5, 5.41) is 0. The number of aryl methyl sites for hydroxylation is 12. The van der Waals surface area contributed by atoms with E-state index in [1.807, 2.05) is 0 Å². The zero-order valence-electron chi connectivity index (χ0n) is 70.6. The van der Waals surface area contributed by atoms with Crippen LogP contribution in [-0.4, -0.2) is 0 Å². The molecule has 0 aromatic heterocycles. The minimum absolute atomic E-state index is 0.140. The Morgan fingerprint density at radius 1 is 0.161 bits per heavy atom. The van der Waals surface area contributed by atoms with Crippen LogP contribution in [0.4, 0.5) is 0 Å². The van der Waals surface area contributed by atoms with Gasteiger partial charge in [-0.2, -0.15) is 0 Å². The molecule has 0 saturated carbocycles. The van der Waals surface area contributed by atoms with E-state index in [4.69, 9.17) is 0 Å². The molecule has 0 nitrogen and oxygen atoms in total. The molecular formula is C112H112. The van der Waals surface area contributed by atoms with Gasteiger partial charge in [0.2, 0.25) is 0 Å². The van der Waals surface area contributed by atoms with Crippen molar-refractivity contribution in [2.75, 3.05) is 0 Å². The van der Waals surface area contributed by atoms with Gasteiger partial charge in [-0.25, -0.2) is 0 Å². The summed E-state index contributed by atoms with van der Waals surface area (Å²) < 4.78 is 0. The van der Waals surface area contributed by atoms with E-state index in [0.717, 1.165) is 0 Å². The number of fused-ring (bicyclic) bond motifs is 18. The van der Waals surface area contributed by atoms with Gasteiger partial charge in [0.15, 0.2) is 0 Å². The van der Waals surface area contributed by atoms with Crippen molar-refractivity contribution in [2.45, 2.75) is 185 Å². The normalized spacial score (nSPS) is 15.1. The van der Waals surface area contributed by atoms with Crippen molar-refractivity contribution in [3.63, 3.8) is 0 Å². The van der Waals surface area contributed by atoms with Crippen LogP contribution in [0.1, 0.15) is 214 Å². The van der Waals surface area contributed by atoms with Gasteiger partial charge in [-0.15, -0.1) is 0 Å². The summed E-state index contributed by atoms with van der Waals surface area (Å²) in [4.78, 5) is 0. The first-order valence-corrected chi connectivity index (χ1v) is 40.7. The highest BCUT2D eigenvalue weighted by Gasteiger charge is 2.48. The molecule has 0 N–H and O–H groups in total. The van der Waals surface area contributed by atoms with E-state index in [1.165, 1.54) is 211 Å². The Labute approximate surface area is 670 Å². The van der Waals surface area contributed by atoms with Gasteiger partial charge in [0, 0.05) is 27.1 Å². The lowest BCUT2D eigenvalue weighted by atomic mass is 9.66. The minimum atomic E-state index is -0.274. The molecule has 6 aliphatic carbocycles. The van der Waals surface area contributed by atoms with Crippen molar-refractivity contribution in [2.24, 2.45) is 0 Å². The first-order chi connectivity index (χ1) is 53.4. The van der Waals surface area contributed by atoms with Gasteiger partial charge < -0.3 is 0 Å². The summed E-state index contributed by atoms with van der Waals surface area (Å²) >= 11 is 0.